The van der Waals surface area contributed by atoms with E-state index >= 15 is 0 Å². The fourth-order valence-electron chi connectivity index (χ4n) is 3.35. The van der Waals surface area contributed by atoms with E-state index in [1.54, 1.807) is 29.7 Å². The van der Waals surface area contributed by atoms with E-state index in [0.29, 0.717) is 35.1 Å². The molecule has 1 heterocycles. The fourth-order valence-corrected chi connectivity index (χ4v) is 3.35. The quantitative estimate of drug-likeness (QED) is 0.345. The van der Waals surface area contributed by atoms with E-state index in [0.717, 1.165) is 12.8 Å². The normalized spacial score (nSPS) is 10.9. The van der Waals surface area contributed by atoms with Crippen molar-refractivity contribution in [2.75, 3.05) is 28.4 Å². The van der Waals surface area contributed by atoms with E-state index in [2.05, 4.69) is 0 Å². The van der Waals surface area contributed by atoms with Gasteiger partial charge in [-0.15, -0.1) is 0 Å². The van der Waals surface area contributed by atoms with Gasteiger partial charge in [0.2, 0.25) is 11.6 Å². The summed E-state index contributed by atoms with van der Waals surface area (Å²) in [6.45, 7) is 4.19. The highest BCUT2D eigenvalue weighted by atomic mass is 16.5. The predicted molar refractivity (Wildman–Crippen MR) is 117 cm³/mol. The molecule has 0 amide bonds. The zero-order valence-electron chi connectivity index (χ0n) is 18.8. The lowest BCUT2D eigenvalue weighted by atomic mass is 10.1. The number of hydrogen-bond donors (Lipinski definition) is 1. The Morgan fingerprint density at radius 1 is 1.03 bits per heavy atom. The molecular weight excluding hydrogens is 402 g/mol. The smallest absolute Gasteiger partial charge is 0.340 e. The molecule has 2 aromatic rings. The van der Waals surface area contributed by atoms with Crippen molar-refractivity contribution in [1.82, 2.24) is 4.57 Å². The van der Waals surface area contributed by atoms with Gasteiger partial charge in [-0.3, -0.25) is 4.79 Å². The lowest BCUT2D eigenvalue weighted by molar-refractivity contribution is 0.0596. The van der Waals surface area contributed by atoms with Crippen molar-refractivity contribution < 1.29 is 33.6 Å². The summed E-state index contributed by atoms with van der Waals surface area (Å²) in [6.07, 6.45) is 4.52. The van der Waals surface area contributed by atoms with Crippen LogP contribution in [0, 0.1) is 6.92 Å². The summed E-state index contributed by atoms with van der Waals surface area (Å²) in [4.78, 5) is 25.3. The van der Waals surface area contributed by atoms with Gasteiger partial charge in [0.15, 0.2) is 17.3 Å². The number of esters is 1. The van der Waals surface area contributed by atoms with E-state index in [1.807, 2.05) is 6.92 Å². The van der Waals surface area contributed by atoms with Gasteiger partial charge in [0.25, 0.3) is 0 Å². The zero-order valence-corrected chi connectivity index (χ0v) is 18.8. The molecule has 0 aliphatic carbocycles. The number of methoxy groups -OCH3 is 4. The number of ketones is 1. The molecule has 168 valence electrons. The molecule has 0 unspecified atom stereocenters. The molecular formula is C23H29NO7. The van der Waals surface area contributed by atoms with Gasteiger partial charge in [0.05, 0.1) is 39.6 Å². The Hall–Kier alpha value is -3.42. The number of carbonyl (C=O) groups is 2. The van der Waals surface area contributed by atoms with E-state index in [9.17, 15) is 14.7 Å². The van der Waals surface area contributed by atoms with Crippen LogP contribution in [-0.2, 0) is 11.3 Å². The molecule has 1 aromatic carbocycles. The second-order valence-corrected chi connectivity index (χ2v) is 6.81. The van der Waals surface area contributed by atoms with Crippen molar-refractivity contribution in [1.29, 1.82) is 0 Å². The SMILES string of the molecule is CCCCn1c(C)c(C(=O)OC)c(C(=O)/C=C/c2cc(OC)c(OC)c(OC)c2)c1O. The second-order valence-electron chi connectivity index (χ2n) is 6.81. The van der Waals surface area contributed by atoms with Crippen LogP contribution >= 0.6 is 0 Å². The Bertz CT molecular complexity index is 963. The van der Waals surface area contributed by atoms with E-state index in [1.165, 1.54) is 34.5 Å². The molecule has 0 radical (unpaired) electrons. The van der Waals surface area contributed by atoms with Gasteiger partial charge in [0.1, 0.15) is 0 Å². The second kappa shape index (κ2) is 10.6. The van der Waals surface area contributed by atoms with E-state index < -0.39 is 11.8 Å². The van der Waals surface area contributed by atoms with Crippen LogP contribution in [0.25, 0.3) is 6.08 Å². The maximum atomic E-state index is 13.0. The van der Waals surface area contributed by atoms with Crippen molar-refractivity contribution in [3.05, 3.63) is 40.6 Å². The summed E-state index contributed by atoms with van der Waals surface area (Å²) in [7, 11) is 5.74. The zero-order chi connectivity index (χ0) is 23.1. The first kappa shape index (κ1) is 23.9. The Balaban J connectivity index is 2.50. The number of aromatic hydroxyl groups is 1. The molecule has 0 saturated carbocycles. The van der Waals surface area contributed by atoms with Gasteiger partial charge in [-0.2, -0.15) is 0 Å². The number of nitrogens with zero attached hydrogens (tertiary/aromatic N) is 1. The summed E-state index contributed by atoms with van der Waals surface area (Å²) in [6, 6.07) is 3.37. The minimum absolute atomic E-state index is 0.0654. The van der Waals surface area contributed by atoms with Crippen LogP contribution in [0.1, 0.15) is 51.7 Å². The van der Waals surface area contributed by atoms with Crippen molar-refractivity contribution >= 4 is 17.8 Å². The third-order valence-electron chi connectivity index (χ3n) is 4.98. The molecule has 0 saturated heterocycles. The van der Waals surface area contributed by atoms with Crippen LogP contribution in [0.15, 0.2) is 18.2 Å². The number of carbonyl (C=O) groups excluding carboxylic acids is 2. The highest BCUT2D eigenvalue weighted by Crippen LogP contribution is 2.38. The van der Waals surface area contributed by atoms with Crippen LogP contribution < -0.4 is 14.2 Å². The van der Waals surface area contributed by atoms with Crippen LogP contribution in [0.4, 0.5) is 0 Å². The van der Waals surface area contributed by atoms with Gasteiger partial charge in [-0.05, 0) is 37.1 Å². The summed E-state index contributed by atoms with van der Waals surface area (Å²) in [5, 5.41) is 10.7. The van der Waals surface area contributed by atoms with Gasteiger partial charge in [0, 0.05) is 12.2 Å². The Morgan fingerprint density at radius 3 is 2.13 bits per heavy atom. The molecule has 0 spiro atoms. The van der Waals surface area contributed by atoms with Gasteiger partial charge >= 0.3 is 5.97 Å². The highest BCUT2D eigenvalue weighted by Gasteiger charge is 2.29. The first-order valence-electron chi connectivity index (χ1n) is 9.87. The monoisotopic (exact) mass is 431 g/mol. The van der Waals surface area contributed by atoms with Gasteiger partial charge in [-0.1, -0.05) is 19.4 Å². The number of benzene rings is 1. The molecule has 2 rings (SSSR count). The van der Waals surface area contributed by atoms with Crippen LogP contribution in [0.5, 0.6) is 23.1 Å². The standard InChI is InChI=1S/C23H29NO7/c1-7-8-11-24-14(2)19(23(27)31-6)20(22(24)26)16(25)10-9-15-12-17(28-3)21(30-5)18(13-15)29-4/h9-10,12-13,26H,7-8,11H2,1-6H3/b10-9+. The Morgan fingerprint density at radius 2 is 1.65 bits per heavy atom. The minimum Gasteiger partial charge on any atom is -0.494 e. The van der Waals surface area contributed by atoms with Crippen molar-refractivity contribution in [3.8, 4) is 23.1 Å². The first-order chi connectivity index (χ1) is 14.8. The third kappa shape index (κ3) is 4.84. The molecule has 8 nitrogen and oxygen atoms in total. The van der Waals surface area contributed by atoms with Crippen LogP contribution in [0.3, 0.4) is 0 Å². The van der Waals surface area contributed by atoms with Crippen molar-refractivity contribution in [2.45, 2.75) is 33.2 Å². The number of allylic oxidation sites excluding steroid dienone is 1. The van der Waals surface area contributed by atoms with E-state index in [-0.39, 0.29) is 17.0 Å². The Labute approximate surface area is 182 Å². The highest BCUT2D eigenvalue weighted by molar-refractivity contribution is 6.15. The molecule has 8 heteroatoms. The van der Waals surface area contributed by atoms with Gasteiger partial charge in [-0.25, -0.2) is 4.79 Å². The average molecular weight is 431 g/mol. The van der Waals surface area contributed by atoms with E-state index in [4.69, 9.17) is 18.9 Å². The topological polar surface area (TPSA) is 96.2 Å². The summed E-state index contributed by atoms with van der Waals surface area (Å²) in [5.74, 6) is -0.131. The molecule has 0 bridgehead atoms. The van der Waals surface area contributed by atoms with Gasteiger partial charge < -0.3 is 28.6 Å². The van der Waals surface area contributed by atoms with Crippen molar-refractivity contribution in [3.63, 3.8) is 0 Å². The minimum atomic E-state index is -0.674. The summed E-state index contributed by atoms with van der Waals surface area (Å²) in [5.41, 5.74) is 1.09. The largest absolute Gasteiger partial charge is 0.494 e. The number of hydrogen-bond acceptors (Lipinski definition) is 7. The molecule has 0 atom stereocenters. The number of rotatable bonds is 10. The maximum absolute atomic E-state index is 13.0. The average Bonchev–Trinajstić information content (AvgIpc) is 3.03. The summed E-state index contributed by atoms with van der Waals surface area (Å²) < 4.78 is 22.4. The molecule has 1 aromatic heterocycles. The van der Waals surface area contributed by atoms with Crippen molar-refractivity contribution in [2.24, 2.45) is 0 Å². The first-order valence-corrected chi connectivity index (χ1v) is 9.87. The number of ether oxygens (including phenoxy) is 4. The predicted octanol–water partition coefficient (Wildman–Crippen LogP) is 4.01. The fraction of sp³-hybridized carbons (Fsp3) is 0.391. The number of unbranched alkanes of at least 4 members (excludes halogenated alkanes) is 1. The molecule has 0 aliphatic rings. The molecule has 0 fully saturated rings. The lowest BCUT2D eigenvalue weighted by Crippen LogP contribution is -2.08. The molecule has 31 heavy (non-hydrogen) atoms. The summed E-state index contributed by atoms with van der Waals surface area (Å²) >= 11 is 0. The maximum Gasteiger partial charge on any atom is 0.340 e. The number of aromatic nitrogens is 1. The van der Waals surface area contributed by atoms with Crippen LogP contribution in [0.2, 0.25) is 0 Å². The molecule has 0 aliphatic heterocycles. The molecule has 1 N–H and O–H groups in total. The van der Waals surface area contributed by atoms with Crippen LogP contribution in [-0.4, -0.2) is 49.9 Å². The lowest BCUT2D eigenvalue weighted by Gasteiger charge is -2.12. The Kier molecular flexibility index (Phi) is 8.13. The third-order valence-corrected chi connectivity index (χ3v) is 4.98.